The summed E-state index contributed by atoms with van der Waals surface area (Å²) in [5.41, 5.74) is 7.33. The molecule has 6 aromatic rings. The number of β-amino-alcohol motifs (C(OH)–C–C–N with tert-alkyl or cyclic N) is 1. The SMILES string of the molecule is Cc1ncsc1-c1ccc(CNC(=O)[C@@H]2C[C@@H](O)CN2C(=O)[C@@H](NC(=O)CCOCCC(=O)N2CCN(C(=O)c3ccc(Nc4nc(C5CC5)cn5c(-c6cn[nH]c6)cnc45)c(F)c3)CC2)C(C)(C)C)cc1. The lowest BCUT2D eigenvalue weighted by Gasteiger charge is -2.35. The van der Waals surface area contributed by atoms with E-state index in [1.165, 1.54) is 17.0 Å². The third-order valence-electron chi connectivity index (χ3n) is 13.3. The number of fused-ring (bicyclic) bond motifs is 1. The molecule has 378 valence electrons. The number of amides is 5. The number of ether oxygens (including phenoxy) is 1. The number of aromatic nitrogens is 6. The molecule has 2 saturated heterocycles. The van der Waals surface area contributed by atoms with Gasteiger partial charge in [0.1, 0.15) is 17.9 Å². The Balaban J connectivity index is 0.703. The lowest BCUT2D eigenvalue weighted by Crippen LogP contribution is -2.57. The normalized spacial score (nSPS) is 17.6. The van der Waals surface area contributed by atoms with Gasteiger partial charge in [-0.15, -0.1) is 11.3 Å². The van der Waals surface area contributed by atoms with Gasteiger partial charge in [0.05, 0.1) is 71.3 Å². The number of piperazine rings is 1. The van der Waals surface area contributed by atoms with Gasteiger partial charge in [0.25, 0.3) is 5.91 Å². The number of halogens is 1. The molecule has 4 aromatic heterocycles. The first-order chi connectivity index (χ1) is 34.6. The number of anilines is 2. The summed E-state index contributed by atoms with van der Waals surface area (Å²) in [7, 11) is 0. The van der Waals surface area contributed by atoms with E-state index in [-0.39, 0.29) is 81.7 Å². The average Bonchev–Trinajstić information content (AvgIpc) is 3.68. The number of imidazole rings is 1. The number of likely N-dealkylation sites (tertiary alicyclic amines) is 1. The van der Waals surface area contributed by atoms with Crippen molar-refractivity contribution in [2.45, 2.75) is 90.4 Å². The molecule has 72 heavy (non-hydrogen) atoms. The first-order valence-corrected chi connectivity index (χ1v) is 25.1. The molecule has 5 N–H and O–H groups in total. The van der Waals surface area contributed by atoms with Crippen LogP contribution in [0.5, 0.6) is 0 Å². The minimum absolute atomic E-state index is 0.000336. The Morgan fingerprint density at radius 3 is 2.39 bits per heavy atom. The molecule has 0 unspecified atom stereocenters. The Bertz CT molecular complexity index is 2940. The third kappa shape index (κ3) is 11.3. The Labute approximate surface area is 419 Å². The highest BCUT2D eigenvalue weighted by Crippen LogP contribution is 2.41. The van der Waals surface area contributed by atoms with Gasteiger partial charge in [-0.25, -0.2) is 19.3 Å². The second-order valence-electron chi connectivity index (χ2n) is 19.7. The van der Waals surface area contributed by atoms with Gasteiger partial charge in [0.15, 0.2) is 11.5 Å². The van der Waals surface area contributed by atoms with Crippen LogP contribution in [0.15, 0.2) is 72.8 Å². The van der Waals surface area contributed by atoms with Crippen LogP contribution < -0.4 is 16.0 Å². The Hall–Kier alpha value is -7.10. The zero-order chi connectivity index (χ0) is 50.7. The number of H-pyrrole nitrogens is 1. The summed E-state index contributed by atoms with van der Waals surface area (Å²) in [4.78, 5) is 86.7. The Morgan fingerprint density at radius 1 is 0.958 bits per heavy atom. The zero-order valence-corrected chi connectivity index (χ0v) is 41.5. The lowest BCUT2D eigenvalue weighted by atomic mass is 9.85. The number of aromatic amines is 1. The van der Waals surface area contributed by atoms with Crippen LogP contribution in [-0.4, -0.2) is 143 Å². The molecular formula is C51H59FN12O7S. The summed E-state index contributed by atoms with van der Waals surface area (Å²) in [5, 5.41) is 26.3. The molecule has 0 spiro atoms. The molecular weight excluding hydrogens is 944 g/mol. The number of benzene rings is 2. The molecule has 3 atom stereocenters. The Morgan fingerprint density at radius 2 is 1.71 bits per heavy atom. The van der Waals surface area contributed by atoms with Crippen LogP contribution in [0, 0.1) is 18.2 Å². The van der Waals surface area contributed by atoms with Crippen molar-refractivity contribution < 1.29 is 38.2 Å². The standard InChI is InChI=1S/C51H59FN12O7S/c1-30-44(72-29-55-30)33-7-5-31(6-8-33)23-54-48(68)40-22-36(65)27-64(40)50(70)45(51(2,3)4)60-42(66)13-19-71-20-14-43(67)61-15-17-62(18-16-61)49(69)34-11-12-38(37(52)21-34)58-46-47-53-26-41(35-24-56-57-25-35)63(47)28-39(59-46)32-9-10-32/h5-8,11-12,21,24-26,28-29,32,36,40,45,65H,9-10,13-20,22-23,27H2,1-4H3,(H,54,68)(H,56,57)(H,58,59)(H,60,66)/t36-,40+,45-/m1/s1. The lowest BCUT2D eigenvalue weighted by molar-refractivity contribution is -0.144. The van der Waals surface area contributed by atoms with Crippen molar-refractivity contribution in [1.29, 1.82) is 0 Å². The fourth-order valence-corrected chi connectivity index (χ4v) is 9.90. The molecule has 19 nitrogen and oxygen atoms in total. The molecule has 1 aliphatic carbocycles. The number of hydrogen-bond donors (Lipinski definition) is 5. The molecule has 0 bridgehead atoms. The second kappa shape index (κ2) is 21.3. The monoisotopic (exact) mass is 1000 g/mol. The van der Waals surface area contributed by atoms with E-state index in [1.807, 2.05) is 62.6 Å². The zero-order valence-electron chi connectivity index (χ0n) is 40.7. The van der Waals surface area contributed by atoms with Crippen molar-refractivity contribution in [1.82, 2.24) is 54.9 Å². The predicted molar refractivity (Wildman–Crippen MR) is 266 cm³/mol. The van der Waals surface area contributed by atoms with Crippen LogP contribution in [0.25, 0.3) is 27.3 Å². The highest BCUT2D eigenvalue weighted by Gasteiger charge is 2.44. The van der Waals surface area contributed by atoms with Crippen molar-refractivity contribution in [3.63, 3.8) is 0 Å². The quantitative estimate of drug-likeness (QED) is 0.0743. The van der Waals surface area contributed by atoms with E-state index in [0.29, 0.717) is 30.5 Å². The number of thiazole rings is 1. The summed E-state index contributed by atoms with van der Waals surface area (Å²) in [6.45, 7) is 8.76. The molecule has 6 heterocycles. The first kappa shape index (κ1) is 49.9. The number of aliphatic hydroxyl groups is 1. The summed E-state index contributed by atoms with van der Waals surface area (Å²) >= 11 is 1.56. The maximum Gasteiger partial charge on any atom is 0.254 e. The molecule has 3 aliphatic rings. The predicted octanol–water partition coefficient (Wildman–Crippen LogP) is 5.20. The van der Waals surface area contributed by atoms with Crippen molar-refractivity contribution in [2.24, 2.45) is 5.41 Å². The summed E-state index contributed by atoms with van der Waals surface area (Å²) < 4.78 is 23.3. The Kier molecular flexibility index (Phi) is 14.8. The fourth-order valence-electron chi connectivity index (χ4n) is 9.09. The van der Waals surface area contributed by atoms with Gasteiger partial charge in [-0.1, -0.05) is 45.0 Å². The van der Waals surface area contributed by atoms with E-state index in [0.717, 1.165) is 51.5 Å². The number of carbonyl (C=O) groups excluding carboxylic acids is 5. The summed E-state index contributed by atoms with van der Waals surface area (Å²) in [6, 6.07) is 10.2. The van der Waals surface area contributed by atoms with Crippen LogP contribution in [0.1, 0.15) is 86.1 Å². The van der Waals surface area contributed by atoms with Crippen LogP contribution in [0.4, 0.5) is 15.9 Å². The van der Waals surface area contributed by atoms with Gasteiger partial charge in [0, 0.05) is 81.5 Å². The number of aryl methyl sites for hydroxylation is 1. The van der Waals surface area contributed by atoms with Gasteiger partial charge in [-0.2, -0.15) is 5.10 Å². The van der Waals surface area contributed by atoms with E-state index in [9.17, 15) is 29.1 Å². The largest absolute Gasteiger partial charge is 0.391 e. The number of nitrogens with one attached hydrogen (secondary N) is 4. The molecule has 2 aromatic carbocycles. The summed E-state index contributed by atoms with van der Waals surface area (Å²) in [5.74, 6) is -1.72. The number of aliphatic hydroxyl groups excluding tert-OH is 1. The van der Waals surface area contributed by atoms with Crippen LogP contribution in [-0.2, 0) is 30.5 Å². The molecule has 3 fully saturated rings. The van der Waals surface area contributed by atoms with Crippen LogP contribution in [0.2, 0.25) is 0 Å². The van der Waals surface area contributed by atoms with Gasteiger partial charge in [0.2, 0.25) is 23.6 Å². The topological polar surface area (TPSA) is 232 Å². The van der Waals surface area contributed by atoms with E-state index < -0.39 is 47.1 Å². The van der Waals surface area contributed by atoms with Gasteiger partial charge in [-0.05, 0) is 54.5 Å². The highest BCUT2D eigenvalue weighted by atomic mass is 32.1. The molecule has 1 saturated carbocycles. The number of carbonyl (C=O) groups is 5. The van der Waals surface area contributed by atoms with Crippen molar-refractivity contribution in [3.8, 4) is 21.7 Å². The second-order valence-corrected chi connectivity index (χ2v) is 20.5. The minimum Gasteiger partial charge on any atom is -0.391 e. The molecule has 2 aliphatic heterocycles. The number of hydrogen-bond acceptors (Lipinski definition) is 13. The smallest absolute Gasteiger partial charge is 0.254 e. The first-order valence-electron chi connectivity index (χ1n) is 24.2. The molecule has 0 radical (unpaired) electrons. The minimum atomic E-state index is -0.995. The van der Waals surface area contributed by atoms with Crippen molar-refractivity contribution in [2.75, 3.05) is 51.3 Å². The van der Waals surface area contributed by atoms with Crippen LogP contribution >= 0.6 is 11.3 Å². The van der Waals surface area contributed by atoms with Crippen molar-refractivity contribution in [3.05, 3.63) is 101 Å². The van der Waals surface area contributed by atoms with E-state index in [1.54, 1.807) is 51.3 Å². The average molecular weight is 1000 g/mol. The maximum atomic E-state index is 15.7. The maximum absolute atomic E-state index is 15.7. The van der Waals surface area contributed by atoms with Gasteiger partial charge in [-0.3, -0.25) is 33.5 Å². The third-order valence-corrected chi connectivity index (χ3v) is 14.3. The fraction of sp³-hybridized carbons (Fsp3) is 0.431. The number of rotatable bonds is 17. The van der Waals surface area contributed by atoms with Gasteiger partial charge >= 0.3 is 0 Å². The van der Waals surface area contributed by atoms with Crippen molar-refractivity contribution >= 4 is 58.0 Å². The molecule has 9 rings (SSSR count). The van der Waals surface area contributed by atoms with Gasteiger partial charge < -0.3 is 40.5 Å². The van der Waals surface area contributed by atoms with E-state index in [2.05, 4.69) is 36.1 Å². The molecule has 21 heteroatoms. The van der Waals surface area contributed by atoms with Crippen LogP contribution in [0.3, 0.4) is 0 Å². The number of nitrogens with zero attached hydrogens (tertiary/aromatic N) is 8. The molecule has 5 amide bonds. The van der Waals surface area contributed by atoms with E-state index >= 15 is 4.39 Å². The summed E-state index contributed by atoms with van der Waals surface area (Å²) in [6.07, 6.45) is 8.37. The van der Waals surface area contributed by atoms with E-state index in [4.69, 9.17) is 9.72 Å². The highest BCUT2D eigenvalue weighted by molar-refractivity contribution is 7.13.